The summed E-state index contributed by atoms with van der Waals surface area (Å²) in [5, 5.41) is 13.9. The zero-order chi connectivity index (χ0) is 23.4. The summed E-state index contributed by atoms with van der Waals surface area (Å²) in [5.74, 6) is 1.05. The summed E-state index contributed by atoms with van der Waals surface area (Å²) in [6.45, 7) is 2.62. The number of fused-ring (bicyclic) bond motifs is 1. The first kappa shape index (κ1) is 22.3. The smallest absolute Gasteiger partial charge is 0.329 e. The van der Waals surface area contributed by atoms with E-state index in [2.05, 4.69) is 22.2 Å². The van der Waals surface area contributed by atoms with Crippen molar-refractivity contribution in [1.82, 2.24) is 19.1 Å². The van der Waals surface area contributed by atoms with E-state index in [1.54, 1.807) is 11.6 Å². The molecule has 2 aromatic carbocycles. The molecule has 1 atom stereocenters. The van der Waals surface area contributed by atoms with Crippen molar-refractivity contribution in [2.45, 2.75) is 32.5 Å². The molecule has 0 bridgehead atoms. The number of H-pyrrole nitrogens is 1. The van der Waals surface area contributed by atoms with Gasteiger partial charge in [-0.05, 0) is 29.7 Å². The first-order valence-corrected chi connectivity index (χ1v) is 10.8. The van der Waals surface area contributed by atoms with Crippen LogP contribution in [0.5, 0.6) is 5.75 Å². The van der Waals surface area contributed by atoms with E-state index in [9.17, 15) is 14.7 Å². The number of aliphatic hydroxyl groups is 1. The van der Waals surface area contributed by atoms with Gasteiger partial charge >= 0.3 is 5.69 Å². The zero-order valence-electron chi connectivity index (χ0n) is 18.6. The number of aryl methyl sites for hydroxylation is 2. The summed E-state index contributed by atoms with van der Waals surface area (Å²) < 4.78 is 8.64. The van der Waals surface area contributed by atoms with E-state index in [1.807, 2.05) is 54.6 Å². The first-order chi connectivity index (χ1) is 16.0. The molecule has 0 saturated carbocycles. The minimum atomic E-state index is -0.915. The van der Waals surface area contributed by atoms with Crippen LogP contribution < -0.4 is 21.3 Å². The molecule has 0 aliphatic heterocycles. The minimum absolute atomic E-state index is 0.0363. The van der Waals surface area contributed by atoms with Gasteiger partial charge in [0.15, 0.2) is 11.2 Å². The number of ether oxygens (including phenoxy) is 1. The number of nitrogens with one attached hydrogen (secondary N) is 2. The predicted molar refractivity (Wildman–Crippen MR) is 127 cm³/mol. The van der Waals surface area contributed by atoms with E-state index in [0.717, 1.165) is 17.5 Å². The molecule has 0 spiro atoms. The highest BCUT2D eigenvalue weighted by Crippen LogP contribution is 2.18. The van der Waals surface area contributed by atoms with E-state index < -0.39 is 17.4 Å². The van der Waals surface area contributed by atoms with E-state index >= 15 is 0 Å². The fraction of sp³-hybridized carbons (Fsp3) is 0.292. The average Bonchev–Trinajstić information content (AvgIpc) is 3.19. The lowest BCUT2D eigenvalue weighted by molar-refractivity contribution is 0.0938. The van der Waals surface area contributed by atoms with Crippen LogP contribution in [0.4, 0.5) is 5.95 Å². The van der Waals surface area contributed by atoms with Crippen molar-refractivity contribution in [3.05, 3.63) is 86.6 Å². The summed E-state index contributed by atoms with van der Waals surface area (Å²) >= 11 is 0. The third-order valence-electron chi connectivity index (χ3n) is 5.44. The number of aromatic nitrogens is 4. The van der Waals surface area contributed by atoms with Crippen molar-refractivity contribution in [2.24, 2.45) is 7.05 Å². The Balaban J connectivity index is 1.60. The number of anilines is 1. The van der Waals surface area contributed by atoms with Gasteiger partial charge in [-0.1, -0.05) is 49.4 Å². The largest absolute Gasteiger partial charge is 0.491 e. The molecule has 1 unspecified atom stereocenters. The number of rotatable bonds is 9. The Morgan fingerprint density at radius 1 is 1.12 bits per heavy atom. The van der Waals surface area contributed by atoms with Gasteiger partial charge in [-0.25, -0.2) is 4.79 Å². The molecule has 0 fully saturated rings. The number of hydrogen-bond donors (Lipinski definition) is 3. The van der Waals surface area contributed by atoms with Gasteiger partial charge in [0, 0.05) is 13.6 Å². The molecule has 4 rings (SSSR count). The lowest BCUT2D eigenvalue weighted by atomic mass is 10.2. The van der Waals surface area contributed by atoms with Crippen LogP contribution in [0.25, 0.3) is 11.2 Å². The van der Waals surface area contributed by atoms with E-state index in [0.29, 0.717) is 18.2 Å². The standard InChI is InChI=1S/C24H27N5O4/c1-3-16-10-7-11-19(12-16)33-15-18(30)14-29-20-21(28(2)24(32)27-22(20)31)26-23(29)25-13-17-8-5-4-6-9-17/h4-12,18,30H,3,13-15H2,1-2H3,(H,25,26)(H,27,31,32). The summed E-state index contributed by atoms with van der Waals surface area (Å²) in [4.78, 5) is 31.5. The molecule has 0 aliphatic carbocycles. The molecular weight excluding hydrogens is 422 g/mol. The topological polar surface area (TPSA) is 114 Å². The van der Waals surface area contributed by atoms with Crippen molar-refractivity contribution >= 4 is 17.1 Å². The van der Waals surface area contributed by atoms with Crippen LogP contribution >= 0.6 is 0 Å². The molecule has 3 N–H and O–H groups in total. The fourth-order valence-electron chi connectivity index (χ4n) is 3.64. The Bertz CT molecular complexity index is 1360. The molecule has 0 saturated heterocycles. The van der Waals surface area contributed by atoms with Crippen LogP contribution in [0.3, 0.4) is 0 Å². The molecule has 9 nitrogen and oxygen atoms in total. The summed E-state index contributed by atoms with van der Waals surface area (Å²) in [5.41, 5.74) is 1.51. The van der Waals surface area contributed by atoms with Crippen molar-refractivity contribution in [2.75, 3.05) is 11.9 Å². The highest BCUT2D eigenvalue weighted by atomic mass is 16.5. The Hall–Kier alpha value is -3.85. The molecule has 9 heteroatoms. The number of aromatic amines is 1. The Labute approximate surface area is 190 Å². The summed E-state index contributed by atoms with van der Waals surface area (Å²) in [6, 6.07) is 17.4. The number of aliphatic hydroxyl groups excluding tert-OH is 1. The van der Waals surface area contributed by atoms with Crippen molar-refractivity contribution in [3.63, 3.8) is 0 Å². The van der Waals surface area contributed by atoms with E-state index in [-0.39, 0.29) is 24.3 Å². The molecule has 0 aliphatic rings. The second kappa shape index (κ2) is 9.74. The SMILES string of the molecule is CCc1cccc(OCC(O)Cn2c(NCc3ccccc3)nc3c2c(=O)[nH]c(=O)n3C)c1. The van der Waals surface area contributed by atoms with Crippen LogP contribution in [0.2, 0.25) is 0 Å². The van der Waals surface area contributed by atoms with Gasteiger partial charge < -0.3 is 19.7 Å². The molecule has 0 amide bonds. The van der Waals surface area contributed by atoms with Gasteiger partial charge in [0.2, 0.25) is 5.95 Å². The quantitative estimate of drug-likeness (QED) is 0.360. The fourth-order valence-corrected chi connectivity index (χ4v) is 3.64. The number of nitrogens with zero attached hydrogens (tertiary/aromatic N) is 3. The summed E-state index contributed by atoms with van der Waals surface area (Å²) in [7, 11) is 1.54. The number of benzene rings is 2. The van der Waals surface area contributed by atoms with Crippen molar-refractivity contribution in [3.8, 4) is 5.75 Å². The normalized spacial score (nSPS) is 12.1. The third kappa shape index (κ3) is 4.98. The third-order valence-corrected chi connectivity index (χ3v) is 5.44. The Kier molecular flexibility index (Phi) is 6.60. The molecular formula is C24H27N5O4. The lowest BCUT2D eigenvalue weighted by Crippen LogP contribution is -2.31. The van der Waals surface area contributed by atoms with Crippen LogP contribution in [0.1, 0.15) is 18.1 Å². The van der Waals surface area contributed by atoms with Crippen molar-refractivity contribution < 1.29 is 9.84 Å². The maximum absolute atomic E-state index is 12.6. The van der Waals surface area contributed by atoms with Gasteiger partial charge in [-0.3, -0.25) is 14.3 Å². The Morgan fingerprint density at radius 3 is 2.64 bits per heavy atom. The lowest BCUT2D eigenvalue weighted by Gasteiger charge is -2.16. The van der Waals surface area contributed by atoms with Gasteiger partial charge in [-0.2, -0.15) is 4.98 Å². The highest BCUT2D eigenvalue weighted by molar-refractivity contribution is 5.74. The second-order valence-corrected chi connectivity index (χ2v) is 7.84. The van der Waals surface area contributed by atoms with Gasteiger partial charge in [-0.15, -0.1) is 0 Å². The van der Waals surface area contributed by atoms with E-state index in [4.69, 9.17) is 4.74 Å². The molecule has 0 radical (unpaired) electrons. The van der Waals surface area contributed by atoms with Crippen LogP contribution in [0, 0.1) is 0 Å². The van der Waals surface area contributed by atoms with Gasteiger partial charge in [0.25, 0.3) is 5.56 Å². The highest BCUT2D eigenvalue weighted by Gasteiger charge is 2.20. The van der Waals surface area contributed by atoms with Crippen LogP contribution in [-0.4, -0.2) is 36.9 Å². The molecule has 4 aromatic rings. The average molecular weight is 450 g/mol. The molecule has 2 aromatic heterocycles. The van der Waals surface area contributed by atoms with Crippen LogP contribution in [0.15, 0.2) is 64.2 Å². The van der Waals surface area contributed by atoms with E-state index in [1.165, 1.54) is 4.57 Å². The van der Waals surface area contributed by atoms with Gasteiger partial charge in [0.05, 0.1) is 6.54 Å². The monoisotopic (exact) mass is 449 g/mol. The van der Waals surface area contributed by atoms with Crippen LogP contribution in [-0.2, 0) is 26.6 Å². The maximum atomic E-state index is 12.6. The predicted octanol–water partition coefficient (Wildman–Crippen LogP) is 2.04. The summed E-state index contributed by atoms with van der Waals surface area (Å²) in [6.07, 6.45) is -0.0276. The van der Waals surface area contributed by atoms with Crippen molar-refractivity contribution in [1.29, 1.82) is 0 Å². The molecule has 2 heterocycles. The maximum Gasteiger partial charge on any atom is 0.329 e. The molecule has 33 heavy (non-hydrogen) atoms. The zero-order valence-corrected chi connectivity index (χ0v) is 18.6. The Morgan fingerprint density at radius 2 is 1.88 bits per heavy atom. The number of imidazole rings is 1. The molecule has 172 valence electrons. The minimum Gasteiger partial charge on any atom is -0.491 e. The van der Waals surface area contributed by atoms with Gasteiger partial charge in [0.1, 0.15) is 18.5 Å². The number of hydrogen-bond acceptors (Lipinski definition) is 6. The first-order valence-electron chi connectivity index (χ1n) is 10.8. The second-order valence-electron chi connectivity index (χ2n) is 7.84.